The molecule has 1 fully saturated rings. The number of amides is 1. The van der Waals surface area contributed by atoms with Crippen LogP contribution in [0.2, 0.25) is 0 Å². The molecule has 0 aliphatic carbocycles. The topological polar surface area (TPSA) is 70.9 Å². The molecule has 0 bridgehead atoms. The van der Waals surface area contributed by atoms with E-state index in [1.54, 1.807) is 22.7 Å². The quantitative estimate of drug-likeness (QED) is 0.724. The van der Waals surface area contributed by atoms with Crippen molar-refractivity contribution in [3.63, 3.8) is 0 Å². The van der Waals surface area contributed by atoms with Crippen LogP contribution in [-0.4, -0.2) is 48.6 Å². The molecule has 7 nitrogen and oxygen atoms in total. The van der Waals surface area contributed by atoms with Gasteiger partial charge >= 0.3 is 0 Å². The zero-order valence-corrected chi connectivity index (χ0v) is 15.8. The second kappa shape index (κ2) is 7.47. The molecular weight excluding hydrogens is 361 g/mol. The Morgan fingerprint density at radius 3 is 2.75 bits per heavy atom. The number of fused-ring (bicyclic) bond motifs is 1. The van der Waals surface area contributed by atoms with Gasteiger partial charge in [-0.05, 0) is 25.1 Å². The highest BCUT2D eigenvalue weighted by atomic mass is 19.1. The predicted octanol–water partition coefficient (Wildman–Crippen LogP) is 2.45. The molecule has 4 rings (SSSR count). The van der Waals surface area contributed by atoms with Gasteiger partial charge in [-0.15, -0.1) is 0 Å². The molecule has 1 saturated heterocycles. The van der Waals surface area contributed by atoms with Crippen molar-refractivity contribution in [3.05, 3.63) is 53.7 Å². The number of pyridine rings is 1. The van der Waals surface area contributed by atoms with Gasteiger partial charge in [0.2, 0.25) is 0 Å². The molecule has 0 saturated carbocycles. The van der Waals surface area contributed by atoms with Gasteiger partial charge in [0.15, 0.2) is 0 Å². The summed E-state index contributed by atoms with van der Waals surface area (Å²) >= 11 is 0. The summed E-state index contributed by atoms with van der Waals surface area (Å²) in [6, 6.07) is 6.56. The van der Waals surface area contributed by atoms with Gasteiger partial charge in [-0.1, -0.05) is 0 Å². The van der Waals surface area contributed by atoms with Gasteiger partial charge in [0, 0.05) is 50.3 Å². The van der Waals surface area contributed by atoms with Crippen molar-refractivity contribution >= 4 is 22.9 Å². The predicted molar refractivity (Wildman–Crippen MR) is 106 cm³/mol. The van der Waals surface area contributed by atoms with Crippen molar-refractivity contribution in [1.82, 2.24) is 14.7 Å². The first-order valence-electron chi connectivity index (χ1n) is 9.15. The van der Waals surface area contributed by atoms with Crippen molar-refractivity contribution in [2.75, 3.05) is 43.5 Å². The van der Waals surface area contributed by atoms with Crippen molar-refractivity contribution in [2.45, 2.75) is 6.92 Å². The Hall–Kier alpha value is -3.13. The van der Waals surface area contributed by atoms with Gasteiger partial charge in [0.05, 0.1) is 24.1 Å². The Bertz CT molecular complexity index is 1030. The number of aromatic nitrogens is 2. The largest absolute Gasteiger partial charge is 0.496 e. The number of piperazine rings is 1. The number of benzene rings is 1. The maximum atomic E-state index is 14.6. The Balaban J connectivity index is 1.58. The van der Waals surface area contributed by atoms with Crippen LogP contribution in [0.5, 0.6) is 5.75 Å². The molecule has 3 heterocycles. The molecule has 1 amide bonds. The lowest BCUT2D eigenvalue weighted by Gasteiger charge is -2.29. The van der Waals surface area contributed by atoms with E-state index in [4.69, 9.17) is 4.74 Å². The Kier molecular flexibility index (Phi) is 4.87. The van der Waals surface area contributed by atoms with E-state index in [1.165, 1.54) is 13.2 Å². The highest BCUT2D eigenvalue weighted by molar-refractivity contribution is 6.06. The molecule has 1 aliphatic heterocycles. The third kappa shape index (κ3) is 3.50. The first kappa shape index (κ1) is 18.2. The Labute approximate surface area is 162 Å². The monoisotopic (exact) mass is 383 g/mol. The highest BCUT2D eigenvalue weighted by Gasteiger charge is 2.18. The summed E-state index contributed by atoms with van der Waals surface area (Å²) in [6.07, 6.45) is 3.45. The van der Waals surface area contributed by atoms with Gasteiger partial charge in [0.1, 0.15) is 17.2 Å². The van der Waals surface area contributed by atoms with Crippen LogP contribution in [0, 0.1) is 12.7 Å². The minimum atomic E-state index is -0.470. The van der Waals surface area contributed by atoms with Crippen LogP contribution in [0.1, 0.15) is 16.1 Å². The maximum Gasteiger partial charge on any atom is 0.261 e. The summed E-state index contributed by atoms with van der Waals surface area (Å²) in [5, 5.41) is 5.91. The Morgan fingerprint density at radius 1 is 1.25 bits per heavy atom. The Morgan fingerprint density at radius 2 is 2.04 bits per heavy atom. The summed E-state index contributed by atoms with van der Waals surface area (Å²) in [7, 11) is 1.49. The fourth-order valence-electron chi connectivity index (χ4n) is 3.40. The minimum Gasteiger partial charge on any atom is -0.496 e. The zero-order chi connectivity index (χ0) is 19.7. The molecular formula is C20H22FN5O2. The van der Waals surface area contributed by atoms with E-state index in [2.05, 4.69) is 20.5 Å². The SMILES string of the molecule is COc1cc2nc(C)cn2cc1C(=O)Nc1ccc(N2CCNCC2)cc1F. The number of methoxy groups -OCH3 is 1. The van der Waals surface area contributed by atoms with Crippen molar-refractivity contribution in [3.8, 4) is 5.75 Å². The lowest BCUT2D eigenvalue weighted by Crippen LogP contribution is -2.43. The van der Waals surface area contributed by atoms with Gasteiger partial charge in [-0.25, -0.2) is 9.37 Å². The van der Waals surface area contributed by atoms with E-state index in [0.717, 1.165) is 37.6 Å². The van der Waals surface area contributed by atoms with Crippen LogP contribution in [-0.2, 0) is 0 Å². The molecule has 28 heavy (non-hydrogen) atoms. The van der Waals surface area contributed by atoms with Gasteiger partial charge in [-0.2, -0.15) is 0 Å². The van der Waals surface area contributed by atoms with E-state index in [0.29, 0.717) is 17.0 Å². The summed E-state index contributed by atoms with van der Waals surface area (Å²) in [5.74, 6) is -0.532. The van der Waals surface area contributed by atoms with E-state index in [-0.39, 0.29) is 5.69 Å². The summed E-state index contributed by atoms with van der Waals surface area (Å²) in [6.45, 7) is 5.26. The number of halogens is 1. The van der Waals surface area contributed by atoms with Crippen LogP contribution < -0.4 is 20.3 Å². The standard InChI is InChI=1S/C20H22FN5O2/c1-13-11-26-12-15(18(28-2)10-19(26)23-13)20(27)24-17-4-3-14(9-16(17)21)25-7-5-22-6-8-25/h3-4,9-12,22H,5-8H2,1-2H3,(H,24,27). The number of anilines is 2. The van der Waals surface area contributed by atoms with Crippen molar-refractivity contribution < 1.29 is 13.9 Å². The first-order chi connectivity index (χ1) is 13.5. The number of imidazole rings is 1. The number of rotatable bonds is 4. The lowest BCUT2D eigenvalue weighted by molar-refractivity contribution is 0.102. The minimum absolute atomic E-state index is 0.132. The molecule has 0 spiro atoms. The number of carbonyl (C=O) groups excluding carboxylic acids is 1. The molecule has 2 N–H and O–H groups in total. The van der Waals surface area contributed by atoms with Gasteiger partial charge in [-0.3, -0.25) is 4.79 Å². The third-order valence-corrected chi connectivity index (χ3v) is 4.82. The molecule has 1 aromatic carbocycles. The average molecular weight is 383 g/mol. The molecule has 0 atom stereocenters. The zero-order valence-electron chi connectivity index (χ0n) is 15.8. The average Bonchev–Trinajstić information content (AvgIpc) is 3.08. The normalized spacial score (nSPS) is 14.3. The molecule has 8 heteroatoms. The number of aryl methyl sites for hydroxylation is 1. The lowest BCUT2D eigenvalue weighted by atomic mass is 10.2. The number of ether oxygens (including phenoxy) is 1. The van der Waals surface area contributed by atoms with Crippen molar-refractivity contribution in [2.24, 2.45) is 0 Å². The first-order valence-corrected chi connectivity index (χ1v) is 9.15. The molecule has 3 aromatic rings. The van der Waals surface area contributed by atoms with E-state index >= 15 is 0 Å². The number of nitrogens with one attached hydrogen (secondary N) is 2. The smallest absolute Gasteiger partial charge is 0.261 e. The van der Waals surface area contributed by atoms with E-state index in [1.807, 2.05) is 19.2 Å². The van der Waals surface area contributed by atoms with Gasteiger partial charge in [0.25, 0.3) is 5.91 Å². The fourth-order valence-corrected chi connectivity index (χ4v) is 3.40. The van der Waals surface area contributed by atoms with E-state index in [9.17, 15) is 9.18 Å². The van der Waals surface area contributed by atoms with Crippen LogP contribution in [0.15, 0.2) is 36.7 Å². The van der Waals surface area contributed by atoms with E-state index < -0.39 is 11.7 Å². The van der Waals surface area contributed by atoms with Crippen LogP contribution in [0.25, 0.3) is 5.65 Å². The molecule has 2 aromatic heterocycles. The van der Waals surface area contributed by atoms with Crippen molar-refractivity contribution in [1.29, 1.82) is 0 Å². The second-order valence-electron chi connectivity index (χ2n) is 6.76. The molecule has 0 unspecified atom stereocenters. The number of hydrogen-bond acceptors (Lipinski definition) is 5. The number of carbonyl (C=O) groups is 1. The summed E-state index contributed by atoms with van der Waals surface area (Å²) < 4.78 is 21.7. The molecule has 1 aliphatic rings. The van der Waals surface area contributed by atoms with Crippen LogP contribution >= 0.6 is 0 Å². The third-order valence-electron chi connectivity index (χ3n) is 4.82. The molecule has 0 radical (unpaired) electrons. The van der Waals surface area contributed by atoms with Gasteiger partial charge < -0.3 is 24.7 Å². The summed E-state index contributed by atoms with van der Waals surface area (Å²) in [4.78, 5) is 19.2. The summed E-state index contributed by atoms with van der Waals surface area (Å²) in [5.41, 5.74) is 2.75. The second-order valence-corrected chi connectivity index (χ2v) is 6.76. The highest BCUT2D eigenvalue weighted by Crippen LogP contribution is 2.25. The molecule has 146 valence electrons. The fraction of sp³-hybridized carbons (Fsp3) is 0.300. The number of nitrogens with zero attached hydrogens (tertiary/aromatic N) is 3. The van der Waals surface area contributed by atoms with Crippen LogP contribution in [0.3, 0.4) is 0 Å². The van der Waals surface area contributed by atoms with Crippen LogP contribution in [0.4, 0.5) is 15.8 Å². The maximum absolute atomic E-state index is 14.6. The number of hydrogen-bond donors (Lipinski definition) is 2.